The van der Waals surface area contributed by atoms with Crippen LogP contribution in [0.5, 0.6) is 5.75 Å². The highest BCUT2D eigenvalue weighted by Gasteiger charge is 2.35. The molecule has 1 aliphatic rings. The first-order valence-corrected chi connectivity index (χ1v) is 12.7. The number of nitrogens with zero attached hydrogens (tertiary/aromatic N) is 3. The molecule has 1 aliphatic heterocycles. The number of urea groups is 1. The molecule has 0 radical (unpaired) electrons. The van der Waals surface area contributed by atoms with Crippen molar-refractivity contribution in [1.82, 2.24) is 20.4 Å². The molecule has 5 rings (SSSR count). The quantitative estimate of drug-likeness (QED) is 0.307. The first-order valence-electron chi connectivity index (χ1n) is 11.5. The molecule has 7 nitrogen and oxygen atoms in total. The molecule has 0 fully saturated rings. The summed E-state index contributed by atoms with van der Waals surface area (Å²) in [4.78, 5) is 20.9. The van der Waals surface area contributed by atoms with Gasteiger partial charge in [-0.15, -0.1) is 11.8 Å². The Morgan fingerprint density at radius 1 is 1.03 bits per heavy atom. The number of nitrogens with one attached hydrogen (secondary N) is 1. The summed E-state index contributed by atoms with van der Waals surface area (Å²) in [5.74, 6) is 1.61. The Morgan fingerprint density at radius 3 is 2.42 bits per heavy atom. The maximum Gasteiger partial charge on any atom is 0.322 e. The minimum Gasteiger partial charge on any atom is -0.497 e. The number of hydrogen-bond acceptors (Lipinski definition) is 6. The van der Waals surface area contributed by atoms with Crippen LogP contribution < -0.4 is 10.1 Å². The third kappa shape index (κ3) is 4.72. The molecule has 1 aromatic heterocycles. The molecule has 4 aromatic rings. The van der Waals surface area contributed by atoms with Gasteiger partial charge in [0.1, 0.15) is 5.75 Å². The average molecular weight is 499 g/mol. The summed E-state index contributed by atoms with van der Waals surface area (Å²) in [7, 11) is 1.63. The smallest absolute Gasteiger partial charge is 0.322 e. The molecule has 0 bridgehead atoms. The maximum atomic E-state index is 13.3. The molecule has 8 heteroatoms. The normalized spacial score (nSPS) is 15.7. The zero-order valence-electron chi connectivity index (χ0n) is 20.3. The number of carbonyl (C=O) groups is 1. The second-order valence-corrected chi connectivity index (χ2v) is 9.26. The Morgan fingerprint density at radius 2 is 1.75 bits per heavy atom. The van der Waals surface area contributed by atoms with Crippen molar-refractivity contribution in [2.45, 2.75) is 24.4 Å². The predicted molar refractivity (Wildman–Crippen MR) is 140 cm³/mol. The number of amides is 2. The van der Waals surface area contributed by atoms with Crippen LogP contribution in [-0.4, -0.2) is 34.4 Å². The van der Waals surface area contributed by atoms with Gasteiger partial charge < -0.3 is 14.6 Å². The minimum atomic E-state index is -0.456. The molecule has 0 spiro atoms. The van der Waals surface area contributed by atoms with E-state index in [2.05, 4.69) is 10.5 Å². The summed E-state index contributed by atoms with van der Waals surface area (Å²) >= 11 is 1.68. The summed E-state index contributed by atoms with van der Waals surface area (Å²) in [6.07, 6.45) is 2.04. The second-order valence-electron chi connectivity index (χ2n) is 8.38. The average Bonchev–Trinajstić information content (AvgIpc) is 3.41. The number of thioether (sulfide) groups is 1. The summed E-state index contributed by atoms with van der Waals surface area (Å²) in [5, 5.41) is 7.40. The van der Waals surface area contributed by atoms with E-state index < -0.39 is 6.04 Å². The first-order chi connectivity index (χ1) is 17.6. The molecule has 0 saturated heterocycles. The van der Waals surface area contributed by atoms with E-state index in [1.54, 1.807) is 23.8 Å². The molecule has 2 heterocycles. The van der Waals surface area contributed by atoms with Gasteiger partial charge in [-0.1, -0.05) is 47.6 Å². The maximum absolute atomic E-state index is 13.3. The van der Waals surface area contributed by atoms with E-state index in [0.29, 0.717) is 18.3 Å². The number of aromatic nitrogens is 2. The van der Waals surface area contributed by atoms with Gasteiger partial charge in [0.15, 0.2) is 0 Å². The van der Waals surface area contributed by atoms with Gasteiger partial charge in [-0.2, -0.15) is 4.98 Å². The Labute approximate surface area is 214 Å². The largest absolute Gasteiger partial charge is 0.497 e. The molecule has 3 aromatic carbocycles. The standard InChI is InChI=1S/C28H26N4O3S/c1-18-24(27-30-26(31-35-27)21-11-15-23(36-3)16-12-21)25(20-9-13-22(34-2)14-10-20)29-28(33)32(18)17-19-7-5-4-6-8-19/h4-16,25H,17H2,1-3H3,(H,29,33). The number of benzene rings is 3. The van der Waals surface area contributed by atoms with Crippen molar-refractivity contribution in [3.63, 3.8) is 0 Å². The molecule has 2 amide bonds. The van der Waals surface area contributed by atoms with Crippen LogP contribution in [-0.2, 0) is 6.54 Å². The van der Waals surface area contributed by atoms with Crippen molar-refractivity contribution < 1.29 is 14.1 Å². The van der Waals surface area contributed by atoms with E-state index in [4.69, 9.17) is 14.2 Å². The fourth-order valence-electron chi connectivity index (χ4n) is 4.25. The van der Waals surface area contributed by atoms with E-state index >= 15 is 0 Å². The van der Waals surface area contributed by atoms with Crippen LogP contribution in [0.4, 0.5) is 4.79 Å². The highest BCUT2D eigenvalue weighted by molar-refractivity contribution is 7.98. The number of rotatable bonds is 7. The summed E-state index contributed by atoms with van der Waals surface area (Å²) in [6.45, 7) is 2.35. The lowest BCUT2D eigenvalue weighted by Crippen LogP contribution is -2.45. The zero-order chi connectivity index (χ0) is 25.1. The van der Waals surface area contributed by atoms with E-state index in [-0.39, 0.29) is 6.03 Å². The number of allylic oxidation sites excluding steroid dienone is 1. The summed E-state index contributed by atoms with van der Waals surface area (Å²) < 4.78 is 11.1. The third-order valence-electron chi connectivity index (χ3n) is 6.23. The molecule has 182 valence electrons. The van der Waals surface area contributed by atoms with Crippen LogP contribution in [0.15, 0.2) is 94.0 Å². The van der Waals surface area contributed by atoms with Gasteiger partial charge in [0, 0.05) is 16.2 Å². The molecular formula is C28H26N4O3S. The summed E-state index contributed by atoms with van der Waals surface area (Å²) in [6, 6.07) is 24.9. The lowest BCUT2D eigenvalue weighted by molar-refractivity contribution is 0.203. The molecule has 1 unspecified atom stereocenters. The van der Waals surface area contributed by atoms with Gasteiger partial charge >= 0.3 is 6.03 Å². The van der Waals surface area contributed by atoms with Crippen molar-refractivity contribution in [2.24, 2.45) is 0 Å². The lowest BCUT2D eigenvalue weighted by atomic mass is 9.94. The van der Waals surface area contributed by atoms with E-state index in [1.807, 2.05) is 92.0 Å². The van der Waals surface area contributed by atoms with Gasteiger partial charge in [-0.3, -0.25) is 4.90 Å². The second kappa shape index (κ2) is 10.3. The molecule has 0 saturated carbocycles. The van der Waals surface area contributed by atoms with Crippen LogP contribution in [0, 0.1) is 0 Å². The highest BCUT2D eigenvalue weighted by Crippen LogP contribution is 2.38. The topological polar surface area (TPSA) is 80.5 Å². The number of ether oxygens (including phenoxy) is 1. The number of methoxy groups -OCH3 is 1. The zero-order valence-corrected chi connectivity index (χ0v) is 21.1. The van der Waals surface area contributed by atoms with Gasteiger partial charge in [0.05, 0.1) is 25.3 Å². The highest BCUT2D eigenvalue weighted by atomic mass is 32.2. The fourth-order valence-corrected chi connectivity index (χ4v) is 4.66. The Hall–Kier alpha value is -4.04. The van der Waals surface area contributed by atoms with Crippen molar-refractivity contribution >= 4 is 23.4 Å². The van der Waals surface area contributed by atoms with Gasteiger partial charge in [0.2, 0.25) is 5.82 Å². The molecule has 1 atom stereocenters. The first kappa shape index (κ1) is 23.7. The van der Waals surface area contributed by atoms with E-state index in [0.717, 1.165) is 38.6 Å². The van der Waals surface area contributed by atoms with Gasteiger partial charge in [0.25, 0.3) is 5.89 Å². The van der Waals surface area contributed by atoms with Crippen molar-refractivity contribution in [1.29, 1.82) is 0 Å². The fraction of sp³-hybridized carbons (Fsp3) is 0.179. The monoisotopic (exact) mass is 498 g/mol. The van der Waals surface area contributed by atoms with Crippen LogP contribution >= 0.6 is 11.8 Å². The Bertz CT molecular complexity index is 1380. The van der Waals surface area contributed by atoms with E-state index in [9.17, 15) is 4.79 Å². The number of hydrogen-bond donors (Lipinski definition) is 1. The predicted octanol–water partition coefficient (Wildman–Crippen LogP) is 6.16. The Kier molecular flexibility index (Phi) is 6.77. The van der Waals surface area contributed by atoms with Crippen LogP contribution in [0.25, 0.3) is 17.0 Å². The van der Waals surface area contributed by atoms with Crippen LogP contribution in [0.3, 0.4) is 0 Å². The lowest BCUT2D eigenvalue weighted by Gasteiger charge is -2.35. The summed E-state index contributed by atoms with van der Waals surface area (Å²) in [5.41, 5.74) is 4.30. The van der Waals surface area contributed by atoms with Crippen LogP contribution in [0.2, 0.25) is 0 Å². The SMILES string of the molecule is COc1ccc(C2NC(=O)N(Cc3ccccc3)C(C)=C2c2nc(-c3ccc(SC)cc3)no2)cc1. The third-order valence-corrected chi connectivity index (χ3v) is 6.98. The Balaban J connectivity index is 1.57. The molecular weight excluding hydrogens is 472 g/mol. The molecule has 1 N–H and O–H groups in total. The minimum absolute atomic E-state index is 0.187. The van der Waals surface area contributed by atoms with Gasteiger partial charge in [-0.25, -0.2) is 4.79 Å². The van der Waals surface area contributed by atoms with E-state index in [1.165, 1.54) is 0 Å². The van der Waals surface area contributed by atoms with Crippen molar-refractivity contribution in [3.05, 3.63) is 102 Å². The van der Waals surface area contributed by atoms with Crippen molar-refractivity contribution in [3.8, 4) is 17.1 Å². The molecule has 36 heavy (non-hydrogen) atoms. The van der Waals surface area contributed by atoms with Crippen LogP contribution in [0.1, 0.15) is 30.0 Å². The van der Waals surface area contributed by atoms with Crippen molar-refractivity contribution in [2.75, 3.05) is 13.4 Å². The number of carbonyl (C=O) groups excluding carboxylic acids is 1. The van der Waals surface area contributed by atoms with Gasteiger partial charge in [-0.05, 0) is 60.7 Å². The molecule has 0 aliphatic carbocycles.